The highest BCUT2D eigenvalue weighted by atomic mass is 15.3. The number of nitrogens with two attached hydrogens (primary N) is 1. The number of aromatic nitrogens is 4. The Kier molecular flexibility index (Phi) is 3.30. The molecule has 1 saturated carbocycles. The molecule has 20 heavy (non-hydrogen) atoms. The van der Waals surface area contributed by atoms with Gasteiger partial charge < -0.3 is 11.1 Å². The Bertz CT molecular complexity index is 614. The van der Waals surface area contributed by atoms with Crippen LogP contribution >= 0.6 is 0 Å². The zero-order valence-corrected chi connectivity index (χ0v) is 11.9. The molecule has 0 radical (unpaired) electrons. The lowest BCUT2D eigenvalue weighted by Crippen LogP contribution is -2.14. The third kappa shape index (κ3) is 2.74. The second kappa shape index (κ2) is 5.11. The van der Waals surface area contributed by atoms with Crippen LogP contribution in [0.4, 0.5) is 11.6 Å². The van der Waals surface area contributed by atoms with Gasteiger partial charge in [0.2, 0.25) is 0 Å². The molecule has 0 aliphatic heterocycles. The van der Waals surface area contributed by atoms with Crippen LogP contribution in [0.1, 0.15) is 35.7 Å². The Labute approximate surface area is 118 Å². The lowest BCUT2D eigenvalue weighted by Gasteiger charge is -2.11. The summed E-state index contributed by atoms with van der Waals surface area (Å²) in [6.07, 6.45) is 6.24. The van der Waals surface area contributed by atoms with E-state index in [2.05, 4.69) is 20.4 Å². The molecule has 1 aliphatic carbocycles. The molecule has 0 spiro atoms. The van der Waals surface area contributed by atoms with Crippen molar-refractivity contribution in [3.8, 4) is 0 Å². The lowest BCUT2D eigenvalue weighted by molar-refractivity contribution is 0.636. The normalized spacial score (nSPS) is 14.5. The molecule has 0 atom stereocenters. The minimum atomic E-state index is 0.507. The van der Waals surface area contributed by atoms with Gasteiger partial charge in [0.25, 0.3) is 0 Å². The van der Waals surface area contributed by atoms with E-state index in [0.717, 1.165) is 30.3 Å². The fraction of sp³-hybridized carbons (Fsp3) is 0.500. The molecule has 2 aromatic heterocycles. The van der Waals surface area contributed by atoms with Crippen molar-refractivity contribution < 1.29 is 0 Å². The van der Waals surface area contributed by atoms with Crippen molar-refractivity contribution in [2.75, 3.05) is 17.6 Å². The molecule has 0 unspecified atom stereocenters. The number of anilines is 2. The first kappa shape index (κ1) is 12.9. The molecule has 1 fully saturated rings. The molecular formula is C14H20N6. The first-order valence-electron chi connectivity index (χ1n) is 7.00. The first-order chi connectivity index (χ1) is 9.63. The molecule has 0 saturated heterocycles. The summed E-state index contributed by atoms with van der Waals surface area (Å²) in [6, 6.07) is 0. The van der Waals surface area contributed by atoms with Gasteiger partial charge in [0.1, 0.15) is 17.5 Å². The maximum absolute atomic E-state index is 5.96. The van der Waals surface area contributed by atoms with Crippen molar-refractivity contribution in [3.05, 3.63) is 29.3 Å². The summed E-state index contributed by atoms with van der Waals surface area (Å²) in [5.74, 6) is 2.82. The topological polar surface area (TPSA) is 81.7 Å². The average Bonchev–Trinajstić information content (AvgIpc) is 3.18. The van der Waals surface area contributed by atoms with Gasteiger partial charge in [-0.3, -0.25) is 4.68 Å². The van der Waals surface area contributed by atoms with Gasteiger partial charge in [0.05, 0.1) is 12.7 Å². The number of nitrogen functional groups attached to an aromatic ring is 1. The molecule has 3 rings (SSSR count). The predicted octanol–water partition coefficient (Wildman–Crippen LogP) is 1.86. The second-order valence-corrected chi connectivity index (χ2v) is 5.42. The van der Waals surface area contributed by atoms with Crippen LogP contribution in [0.3, 0.4) is 0 Å². The SMILES string of the molecule is Cc1cnn(CCNc2nc(C3CC3)nc(N)c2C)c1. The van der Waals surface area contributed by atoms with Crippen molar-refractivity contribution in [2.45, 2.75) is 39.2 Å². The molecule has 0 bridgehead atoms. The van der Waals surface area contributed by atoms with Gasteiger partial charge in [-0.1, -0.05) is 0 Å². The summed E-state index contributed by atoms with van der Waals surface area (Å²) in [4.78, 5) is 8.97. The van der Waals surface area contributed by atoms with Crippen LogP contribution in [-0.4, -0.2) is 26.3 Å². The van der Waals surface area contributed by atoms with Crippen LogP contribution in [0.25, 0.3) is 0 Å². The van der Waals surface area contributed by atoms with Crippen molar-refractivity contribution in [1.29, 1.82) is 0 Å². The van der Waals surface area contributed by atoms with Gasteiger partial charge in [-0.25, -0.2) is 9.97 Å². The summed E-state index contributed by atoms with van der Waals surface area (Å²) in [5.41, 5.74) is 8.06. The maximum Gasteiger partial charge on any atom is 0.136 e. The Balaban J connectivity index is 1.67. The molecule has 0 aromatic carbocycles. The van der Waals surface area contributed by atoms with Gasteiger partial charge in [0.15, 0.2) is 0 Å². The van der Waals surface area contributed by atoms with E-state index in [4.69, 9.17) is 5.73 Å². The van der Waals surface area contributed by atoms with Crippen molar-refractivity contribution in [1.82, 2.24) is 19.7 Å². The third-order valence-corrected chi connectivity index (χ3v) is 3.54. The van der Waals surface area contributed by atoms with Crippen molar-refractivity contribution in [2.24, 2.45) is 0 Å². The van der Waals surface area contributed by atoms with Crippen molar-refractivity contribution in [3.63, 3.8) is 0 Å². The minimum Gasteiger partial charge on any atom is -0.383 e. The summed E-state index contributed by atoms with van der Waals surface area (Å²) in [5, 5.41) is 7.60. The van der Waals surface area contributed by atoms with E-state index < -0.39 is 0 Å². The van der Waals surface area contributed by atoms with Crippen LogP contribution in [0.2, 0.25) is 0 Å². The highest BCUT2D eigenvalue weighted by Crippen LogP contribution is 2.39. The quantitative estimate of drug-likeness (QED) is 0.868. The van der Waals surface area contributed by atoms with E-state index in [-0.39, 0.29) is 0 Å². The monoisotopic (exact) mass is 272 g/mol. The Morgan fingerprint density at radius 3 is 2.80 bits per heavy atom. The molecule has 2 heterocycles. The van der Waals surface area contributed by atoms with E-state index in [9.17, 15) is 0 Å². The molecule has 6 nitrogen and oxygen atoms in total. The van der Waals surface area contributed by atoms with Crippen LogP contribution in [-0.2, 0) is 6.54 Å². The second-order valence-electron chi connectivity index (χ2n) is 5.42. The zero-order chi connectivity index (χ0) is 14.1. The Morgan fingerprint density at radius 1 is 1.35 bits per heavy atom. The standard InChI is InChI=1S/C14H20N6/c1-9-7-17-20(8-9)6-5-16-13-10(2)12(15)18-14(19-13)11-3-4-11/h7-8,11H,3-6H2,1-2H3,(H3,15,16,18,19). The summed E-state index contributed by atoms with van der Waals surface area (Å²) in [6.45, 7) is 5.55. The van der Waals surface area contributed by atoms with Gasteiger partial charge in [-0.15, -0.1) is 0 Å². The molecular weight excluding hydrogens is 252 g/mol. The van der Waals surface area contributed by atoms with Crippen LogP contribution < -0.4 is 11.1 Å². The molecule has 1 aliphatic rings. The lowest BCUT2D eigenvalue weighted by atomic mass is 10.3. The van der Waals surface area contributed by atoms with Gasteiger partial charge in [-0.05, 0) is 32.3 Å². The number of hydrogen-bond donors (Lipinski definition) is 2. The average molecular weight is 272 g/mol. The van der Waals surface area contributed by atoms with Gasteiger partial charge in [0, 0.05) is 24.2 Å². The maximum atomic E-state index is 5.96. The van der Waals surface area contributed by atoms with Crippen LogP contribution in [0.15, 0.2) is 12.4 Å². The fourth-order valence-electron chi connectivity index (χ4n) is 2.13. The number of aryl methyl sites for hydroxylation is 1. The highest BCUT2D eigenvalue weighted by Gasteiger charge is 2.27. The zero-order valence-electron chi connectivity index (χ0n) is 11.9. The molecule has 6 heteroatoms. The Morgan fingerprint density at radius 2 is 2.15 bits per heavy atom. The highest BCUT2D eigenvalue weighted by molar-refractivity contribution is 5.55. The minimum absolute atomic E-state index is 0.507. The summed E-state index contributed by atoms with van der Waals surface area (Å²) in [7, 11) is 0. The van der Waals surface area contributed by atoms with E-state index in [1.54, 1.807) is 0 Å². The number of nitrogens with one attached hydrogen (secondary N) is 1. The predicted molar refractivity (Wildman–Crippen MR) is 78.6 cm³/mol. The van der Waals surface area contributed by atoms with Gasteiger partial charge in [-0.2, -0.15) is 5.10 Å². The largest absolute Gasteiger partial charge is 0.383 e. The van der Waals surface area contributed by atoms with Crippen LogP contribution in [0, 0.1) is 13.8 Å². The molecule has 0 amide bonds. The van der Waals surface area contributed by atoms with Gasteiger partial charge >= 0.3 is 0 Å². The molecule has 106 valence electrons. The van der Waals surface area contributed by atoms with E-state index in [0.29, 0.717) is 11.7 Å². The number of nitrogens with zero attached hydrogens (tertiary/aromatic N) is 4. The first-order valence-corrected chi connectivity index (χ1v) is 7.00. The smallest absolute Gasteiger partial charge is 0.136 e. The number of hydrogen-bond acceptors (Lipinski definition) is 5. The third-order valence-electron chi connectivity index (χ3n) is 3.54. The summed E-state index contributed by atoms with van der Waals surface area (Å²) >= 11 is 0. The molecule has 2 aromatic rings. The van der Waals surface area contributed by atoms with Crippen molar-refractivity contribution >= 4 is 11.6 Å². The summed E-state index contributed by atoms with van der Waals surface area (Å²) < 4.78 is 1.92. The van der Waals surface area contributed by atoms with E-state index in [1.807, 2.05) is 30.9 Å². The molecule has 3 N–H and O–H groups in total. The van der Waals surface area contributed by atoms with E-state index in [1.165, 1.54) is 18.4 Å². The fourth-order valence-corrected chi connectivity index (χ4v) is 2.13. The van der Waals surface area contributed by atoms with Crippen LogP contribution in [0.5, 0.6) is 0 Å². The van der Waals surface area contributed by atoms with E-state index >= 15 is 0 Å². The Hall–Kier alpha value is -2.11. The number of rotatable bonds is 5.